The van der Waals surface area contributed by atoms with Crippen molar-refractivity contribution in [2.45, 2.75) is 18.4 Å². The highest BCUT2D eigenvalue weighted by molar-refractivity contribution is 5.98. The van der Waals surface area contributed by atoms with Gasteiger partial charge in [-0.25, -0.2) is 8.78 Å². The van der Waals surface area contributed by atoms with Crippen molar-refractivity contribution < 1.29 is 18.4 Å². The van der Waals surface area contributed by atoms with Gasteiger partial charge in [0.25, 0.3) is 17.4 Å². The SMILES string of the molecule is CN(C(=O)c1cc(C(N)=O)c[nH]c1=O)C1CC1(F)F. The van der Waals surface area contributed by atoms with Crippen molar-refractivity contribution in [2.75, 3.05) is 7.05 Å². The van der Waals surface area contributed by atoms with Crippen LogP contribution in [-0.2, 0) is 0 Å². The number of halogens is 2. The van der Waals surface area contributed by atoms with Gasteiger partial charge >= 0.3 is 0 Å². The molecule has 1 aromatic rings. The van der Waals surface area contributed by atoms with Crippen LogP contribution in [0.2, 0.25) is 0 Å². The van der Waals surface area contributed by atoms with Crippen LogP contribution in [0.25, 0.3) is 0 Å². The van der Waals surface area contributed by atoms with Crippen molar-refractivity contribution in [1.29, 1.82) is 0 Å². The van der Waals surface area contributed by atoms with Crippen molar-refractivity contribution in [3.8, 4) is 0 Å². The van der Waals surface area contributed by atoms with Gasteiger partial charge in [-0.1, -0.05) is 0 Å². The van der Waals surface area contributed by atoms with Crippen LogP contribution >= 0.6 is 0 Å². The number of carbonyl (C=O) groups excluding carboxylic acids is 2. The second-order valence-corrected chi connectivity index (χ2v) is 4.39. The number of nitrogens with two attached hydrogens (primary N) is 1. The molecule has 0 saturated heterocycles. The minimum atomic E-state index is -2.92. The summed E-state index contributed by atoms with van der Waals surface area (Å²) in [6.45, 7) is 0. The molecule has 2 rings (SSSR count). The smallest absolute Gasteiger partial charge is 0.270 e. The summed E-state index contributed by atoms with van der Waals surface area (Å²) in [5.74, 6) is -4.62. The van der Waals surface area contributed by atoms with Crippen LogP contribution < -0.4 is 11.3 Å². The molecule has 1 fully saturated rings. The minimum Gasteiger partial charge on any atom is -0.366 e. The van der Waals surface area contributed by atoms with E-state index in [1.165, 1.54) is 7.05 Å². The third-order valence-electron chi connectivity index (χ3n) is 3.00. The summed E-state index contributed by atoms with van der Waals surface area (Å²) in [5.41, 5.74) is 3.80. The van der Waals surface area contributed by atoms with E-state index in [1.807, 2.05) is 0 Å². The molecule has 1 aliphatic carbocycles. The molecule has 0 bridgehead atoms. The number of carbonyl (C=O) groups is 2. The molecule has 0 radical (unpaired) electrons. The van der Waals surface area contributed by atoms with Gasteiger partial charge in [0.15, 0.2) is 0 Å². The number of nitrogens with one attached hydrogen (secondary N) is 1. The zero-order valence-electron chi connectivity index (χ0n) is 9.94. The van der Waals surface area contributed by atoms with Crippen LogP contribution in [0.15, 0.2) is 17.1 Å². The van der Waals surface area contributed by atoms with Crippen LogP contribution in [0, 0.1) is 0 Å². The van der Waals surface area contributed by atoms with E-state index in [0.29, 0.717) is 0 Å². The fourth-order valence-electron chi connectivity index (χ4n) is 1.74. The summed E-state index contributed by atoms with van der Waals surface area (Å²) >= 11 is 0. The molecule has 3 N–H and O–H groups in total. The molecule has 19 heavy (non-hydrogen) atoms. The van der Waals surface area contributed by atoms with Gasteiger partial charge in [0.1, 0.15) is 11.6 Å². The summed E-state index contributed by atoms with van der Waals surface area (Å²) < 4.78 is 25.8. The van der Waals surface area contributed by atoms with E-state index < -0.39 is 35.8 Å². The predicted molar refractivity (Wildman–Crippen MR) is 61.0 cm³/mol. The fourth-order valence-corrected chi connectivity index (χ4v) is 1.74. The number of aromatic amines is 1. The Morgan fingerprint density at radius 2 is 2.11 bits per heavy atom. The van der Waals surface area contributed by atoms with Crippen molar-refractivity contribution >= 4 is 11.8 Å². The molecule has 1 aromatic heterocycles. The van der Waals surface area contributed by atoms with E-state index in [-0.39, 0.29) is 11.1 Å². The third-order valence-corrected chi connectivity index (χ3v) is 3.00. The van der Waals surface area contributed by atoms with Gasteiger partial charge in [-0.05, 0) is 6.07 Å². The molecular weight excluding hydrogens is 260 g/mol. The lowest BCUT2D eigenvalue weighted by Crippen LogP contribution is -2.36. The average Bonchev–Trinajstić information content (AvgIpc) is 2.97. The number of amides is 2. The zero-order valence-corrected chi connectivity index (χ0v) is 9.94. The molecule has 1 saturated carbocycles. The van der Waals surface area contributed by atoms with Crippen molar-refractivity contribution in [2.24, 2.45) is 5.73 Å². The van der Waals surface area contributed by atoms with Crippen LogP contribution in [0.5, 0.6) is 0 Å². The minimum absolute atomic E-state index is 0.0705. The second kappa shape index (κ2) is 4.15. The number of nitrogens with zero attached hydrogens (tertiary/aromatic N) is 1. The van der Waals surface area contributed by atoms with E-state index in [0.717, 1.165) is 17.2 Å². The van der Waals surface area contributed by atoms with E-state index in [9.17, 15) is 23.2 Å². The van der Waals surface area contributed by atoms with E-state index >= 15 is 0 Å². The Hall–Kier alpha value is -2.25. The maximum atomic E-state index is 12.9. The number of alkyl halides is 2. The Balaban J connectivity index is 2.31. The summed E-state index contributed by atoms with van der Waals surface area (Å²) in [7, 11) is 1.18. The molecule has 8 heteroatoms. The third kappa shape index (κ3) is 2.33. The molecule has 2 amide bonds. The number of hydrogen-bond acceptors (Lipinski definition) is 3. The molecule has 1 heterocycles. The van der Waals surface area contributed by atoms with E-state index in [2.05, 4.69) is 4.98 Å². The van der Waals surface area contributed by atoms with Crippen molar-refractivity contribution in [1.82, 2.24) is 9.88 Å². The molecule has 0 spiro atoms. The van der Waals surface area contributed by atoms with Crippen molar-refractivity contribution in [3.63, 3.8) is 0 Å². The van der Waals surface area contributed by atoms with Crippen molar-refractivity contribution in [3.05, 3.63) is 33.7 Å². The molecule has 1 unspecified atom stereocenters. The highest BCUT2D eigenvalue weighted by Gasteiger charge is 2.60. The number of aromatic nitrogens is 1. The highest BCUT2D eigenvalue weighted by atomic mass is 19.3. The Labute approximate surface area is 106 Å². The molecular formula is C11H11F2N3O3. The molecule has 102 valence electrons. The first-order valence-corrected chi connectivity index (χ1v) is 5.41. The Kier molecular flexibility index (Phi) is 2.88. The van der Waals surface area contributed by atoms with Crippen LogP contribution in [0.3, 0.4) is 0 Å². The Morgan fingerprint density at radius 3 is 2.58 bits per heavy atom. The summed E-state index contributed by atoms with van der Waals surface area (Å²) in [6.07, 6.45) is 0.635. The van der Waals surface area contributed by atoms with Gasteiger partial charge in [0, 0.05) is 19.7 Å². The van der Waals surface area contributed by atoms with Gasteiger partial charge in [0.05, 0.1) is 5.56 Å². The topological polar surface area (TPSA) is 96.3 Å². The predicted octanol–water partition coefficient (Wildman–Crippen LogP) is -0.0466. The first-order chi connectivity index (χ1) is 8.74. The number of hydrogen-bond donors (Lipinski definition) is 2. The van der Waals surface area contributed by atoms with Gasteiger partial charge < -0.3 is 15.6 Å². The van der Waals surface area contributed by atoms with Gasteiger partial charge in [-0.15, -0.1) is 0 Å². The lowest BCUT2D eigenvalue weighted by molar-refractivity contribution is 0.0576. The fraction of sp³-hybridized carbons (Fsp3) is 0.364. The maximum absolute atomic E-state index is 12.9. The lowest BCUT2D eigenvalue weighted by Gasteiger charge is -2.16. The Bertz CT molecular complexity index is 611. The quantitative estimate of drug-likeness (QED) is 0.806. The number of primary amides is 1. The monoisotopic (exact) mass is 271 g/mol. The average molecular weight is 271 g/mol. The Morgan fingerprint density at radius 1 is 1.53 bits per heavy atom. The maximum Gasteiger partial charge on any atom is 0.270 e. The largest absolute Gasteiger partial charge is 0.366 e. The van der Waals surface area contributed by atoms with Gasteiger partial charge in [0.2, 0.25) is 5.91 Å². The first kappa shape index (κ1) is 13.2. The summed E-state index contributed by atoms with van der Waals surface area (Å²) in [6, 6.07) is -0.211. The van der Waals surface area contributed by atoms with E-state index in [4.69, 9.17) is 5.73 Å². The molecule has 0 aromatic carbocycles. The van der Waals surface area contributed by atoms with Gasteiger partial charge in [-0.2, -0.15) is 0 Å². The molecule has 6 nitrogen and oxygen atoms in total. The second-order valence-electron chi connectivity index (χ2n) is 4.39. The molecule has 0 aliphatic heterocycles. The first-order valence-electron chi connectivity index (χ1n) is 5.41. The number of rotatable bonds is 3. The number of pyridine rings is 1. The van der Waals surface area contributed by atoms with E-state index in [1.54, 1.807) is 0 Å². The molecule has 1 atom stereocenters. The summed E-state index contributed by atoms with van der Waals surface area (Å²) in [5, 5.41) is 0. The lowest BCUT2D eigenvalue weighted by atomic mass is 10.1. The number of H-pyrrole nitrogens is 1. The summed E-state index contributed by atoms with van der Waals surface area (Å²) in [4.78, 5) is 37.4. The van der Waals surface area contributed by atoms with Crippen LogP contribution in [-0.4, -0.2) is 40.7 Å². The molecule has 1 aliphatic rings. The normalized spacial score (nSPS) is 19.8. The zero-order chi connectivity index (χ0) is 14.4. The van der Waals surface area contributed by atoms with Crippen LogP contribution in [0.4, 0.5) is 8.78 Å². The standard InChI is InChI=1S/C11H11F2N3O3/c1-16(7-3-11(7,12)13)10(19)6-2-5(8(14)17)4-15-9(6)18/h2,4,7H,3H2,1H3,(H2,14,17)(H,15,18). The van der Waals surface area contributed by atoms with Gasteiger partial charge in [-0.3, -0.25) is 14.4 Å². The highest BCUT2D eigenvalue weighted by Crippen LogP contribution is 2.45. The van der Waals surface area contributed by atoms with Crippen LogP contribution in [0.1, 0.15) is 27.1 Å².